The molecule has 8 nitrogen and oxygen atoms in total. The number of carbonyl (C=O) groups excluding carboxylic acids is 2. The third-order valence-corrected chi connectivity index (χ3v) is 8.60. The van der Waals surface area contributed by atoms with Crippen LogP contribution in [0.5, 0.6) is 0 Å². The number of fused-ring (bicyclic) bond motifs is 1. The molecule has 11 heteroatoms. The maximum atomic E-state index is 13.5. The molecule has 2 amide bonds. The van der Waals surface area contributed by atoms with E-state index in [-0.39, 0.29) is 23.9 Å². The van der Waals surface area contributed by atoms with Crippen molar-refractivity contribution in [3.05, 3.63) is 70.9 Å². The molecule has 6 rings (SSSR count). The minimum Gasteiger partial charge on any atom is -0.339 e. The van der Waals surface area contributed by atoms with Gasteiger partial charge in [-0.05, 0) is 42.9 Å². The van der Waals surface area contributed by atoms with Crippen LogP contribution in [0, 0.1) is 12.8 Å². The monoisotopic (exact) mass is 578 g/mol. The van der Waals surface area contributed by atoms with Crippen LogP contribution in [0.1, 0.15) is 65.0 Å². The van der Waals surface area contributed by atoms with Gasteiger partial charge in [-0.25, -0.2) is 4.98 Å². The number of benzene rings is 1. The number of hydrogen-bond acceptors (Lipinski definition) is 5. The zero-order chi connectivity index (χ0) is 29.4. The number of aromatic nitrogens is 3. The van der Waals surface area contributed by atoms with Gasteiger partial charge in [0.15, 0.2) is 5.65 Å². The lowest BCUT2D eigenvalue weighted by molar-refractivity contribution is -0.133. The predicted octanol–water partition coefficient (Wildman–Crippen LogP) is 4.89. The summed E-state index contributed by atoms with van der Waals surface area (Å²) in [5.74, 6) is 0.668. The zero-order valence-electron chi connectivity index (χ0n) is 23.5. The van der Waals surface area contributed by atoms with E-state index in [1.54, 1.807) is 16.8 Å². The van der Waals surface area contributed by atoms with Gasteiger partial charge in [-0.1, -0.05) is 31.1 Å². The second-order valence-corrected chi connectivity index (χ2v) is 11.4. The van der Waals surface area contributed by atoms with E-state index in [9.17, 15) is 22.8 Å². The van der Waals surface area contributed by atoms with Crippen LogP contribution in [0.15, 0.2) is 47.9 Å². The third-order valence-electron chi connectivity index (χ3n) is 8.60. The first-order valence-electron chi connectivity index (χ1n) is 14.5. The molecule has 3 aliphatic rings. The Balaban J connectivity index is 1.12. The molecule has 220 valence electrons. The predicted molar refractivity (Wildman–Crippen MR) is 152 cm³/mol. The summed E-state index contributed by atoms with van der Waals surface area (Å²) in [7, 11) is 0. The number of carbonyl (C=O) groups is 2. The molecule has 1 saturated carbocycles. The first-order valence-corrected chi connectivity index (χ1v) is 14.5. The van der Waals surface area contributed by atoms with Crippen molar-refractivity contribution in [3.63, 3.8) is 0 Å². The highest BCUT2D eigenvalue weighted by molar-refractivity contribution is 6.27. The summed E-state index contributed by atoms with van der Waals surface area (Å²) in [6.07, 6.45) is 7.24. The number of amides is 2. The van der Waals surface area contributed by atoms with Gasteiger partial charge in [0.25, 0.3) is 5.91 Å². The summed E-state index contributed by atoms with van der Waals surface area (Å²) in [6.45, 7) is 4.02. The van der Waals surface area contributed by atoms with E-state index in [2.05, 4.69) is 15.0 Å². The van der Waals surface area contributed by atoms with Crippen LogP contribution in [-0.2, 0) is 11.2 Å². The van der Waals surface area contributed by atoms with Gasteiger partial charge >= 0.3 is 6.18 Å². The van der Waals surface area contributed by atoms with Gasteiger partial charge in [0.1, 0.15) is 5.71 Å². The number of rotatable bonds is 6. The number of aliphatic imine (C=N–C) groups is 1. The fourth-order valence-corrected chi connectivity index (χ4v) is 6.36. The number of halogens is 3. The van der Waals surface area contributed by atoms with Gasteiger partial charge < -0.3 is 9.80 Å². The Bertz CT molecular complexity index is 1580. The highest BCUT2D eigenvalue weighted by Gasteiger charge is 2.40. The number of aryl methyl sites for hydroxylation is 1. The average Bonchev–Trinajstić information content (AvgIpc) is 3.74. The van der Waals surface area contributed by atoms with Crippen LogP contribution in [0.3, 0.4) is 0 Å². The van der Waals surface area contributed by atoms with Crippen molar-refractivity contribution in [3.8, 4) is 0 Å². The SMILES string of the molecule is Cc1cc(Cc2nccn3c(C4=CCN=C4C(F)(F)F)cnc23)ccc1C(=O)N1CCN(C(=O)CC2CCCC2)CC1. The van der Waals surface area contributed by atoms with E-state index in [0.717, 1.165) is 24.0 Å². The largest absolute Gasteiger partial charge is 0.433 e. The van der Waals surface area contributed by atoms with E-state index in [4.69, 9.17) is 0 Å². The minimum atomic E-state index is -4.54. The Hall–Kier alpha value is -4.02. The molecule has 0 unspecified atom stereocenters. The van der Waals surface area contributed by atoms with Gasteiger partial charge in [0.05, 0.1) is 24.1 Å². The van der Waals surface area contributed by atoms with E-state index in [1.165, 1.54) is 25.1 Å². The van der Waals surface area contributed by atoms with Crippen molar-refractivity contribution < 1.29 is 22.8 Å². The molecule has 3 aromatic rings. The number of alkyl halides is 3. The lowest BCUT2D eigenvalue weighted by atomic mass is 10.0. The normalized spacial score (nSPS) is 18.1. The van der Waals surface area contributed by atoms with Crippen LogP contribution in [0.4, 0.5) is 13.2 Å². The van der Waals surface area contributed by atoms with Crippen molar-refractivity contribution >= 4 is 28.7 Å². The Morgan fingerprint density at radius 1 is 1.02 bits per heavy atom. The quantitative estimate of drug-likeness (QED) is 0.417. The van der Waals surface area contributed by atoms with Crippen molar-refractivity contribution in [2.24, 2.45) is 10.9 Å². The molecular formula is C31H33F3N6O2. The molecule has 1 aliphatic carbocycles. The number of allylic oxidation sites excluding steroid dienone is 1. The minimum absolute atomic E-state index is 0.0184. The van der Waals surface area contributed by atoms with Gasteiger partial charge in [0, 0.05) is 62.6 Å². The second-order valence-electron chi connectivity index (χ2n) is 11.4. The lowest BCUT2D eigenvalue weighted by Gasteiger charge is -2.35. The average molecular weight is 579 g/mol. The maximum Gasteiger partial charge on any atom is 0.433 e. The Labute approximate surface area is 242 Å². The topological polar surface area (TPSA) is 83.2 Å². The van der Waals surface area contributed by atoms with Crippen LogP contribution >= 0.6 is 0 Å². The fraction of sp³-hybridized carbons (Fsp3) is 0.452. The summed E-state index contributed by atoms with van der Waals surface area (Å²) in [6, 6.07) is 5.64. The molecule has 4 heterocycles. The molecule has 2 fully saturated rings. The molecule has 1 saturated heterocycles. The van der Waals surface area contributed by atoms with E-state index in [0.29, 0.717) is 67.5 Å². The summed E-state index contributed by atoms with van der Waals surface area (Å²) >= 11 is 0. The molecule has 0 bridgehead atoms. The van der Waals surface area contributed by atoms with Crippen molar-refractivity contribution in [2.45, 2.75) is 51.6 Å². The molecule has 0 spiro atoms. The molecule has 0 radical (unpaired) electrons. The third kappa shape index (κ3) is 5.56. The molecule has 0 N–H and O–H groups in total. The number of nitrogens with zero attached hydrogens (tertiary/aromatic N) is 6. The summed E-state index contributed by atoms with van der Waals surface area (Å²) < 4.78 is 42.0. The van der Waals surface area contributed by atoms with Crippen molar-refractivity contribution in [2.75, 3.05) is 32.7 Å². The van der Waals surface area contributed by atoms with Gasteiger partial charge in [0.2, 0.25) is 5.91 Å². The highest BCUT2D eigenvalue weighted by Crippen LogP contribution is 2.32. The van der Waals surface area contributed by atoms with E-state index in [1.807, 2.05) is 34.9 Å². The van der Waals surface area contributed by atoms with Gasteiger partial charge in [-0.15, -0.1) is 0 Å². The molecule has 0 atom stereocenters. The van der Waals surface area contributed by atoms with Gasteiger partial charge in [-0.3, -0.25) is 24.0 Å². The summed E-state index contributed by atoms with van der Waals surface area (Å²) in [5, 5.41) is 0. The highest BCUT2D eigenvalue weighted by atomic mass is 19.4. The lowest BCUT2D eigenvalue weighted by Crippen LogP contribution is -2.50. The summed E-state index contributed by atoms with van der Waals surface area (Å²) in [5.41, 5.74) is 2.89. The molecule has 42 heavy (non-hydrogen) atoms. The Morgan fingerprint density at radius 3 is 2.48 bits per heavy atom. The van der Waals surface area contributed by atoms with Crippen LogP contribution in [0.25, 0.3) is 11.2 Å². The first-order chi connectivity index (χ1) is 20.2. The molecule has 2 aliphatic heterocycles. The molecule has 2 aromatic heterocycles. The summed E-state index contributed by atoms with van der Waals surface area (Å²) in [4.78, 5) is 42.3. The Kier molecular flexibility index (Phi) is 7.59. The van der Waals surface area contributed by atoms with Gasteiger partial charge in [-0.2, -0.15) is 13.2 Å². The van der Waals surface area contributed by atoms with Crippen molar-refractivity contribution in [1.82, 2.24) is 24.2 Å². The van der Waals surface area contributed by atoms with E-state index < -0.39 is 11.9 Å². The maximum absolute atomic E-state index is 13.5. The molecular weight excluding hydrogens is 545 g/mol. The van der Waals surface area contributed by atoms with Crippen molar-refractivity contribution in [1.29, 1.82) is 0 Å². The zero-order valence-corrected chi connectivity index (χ0v) is 23.5. The van der Waals surface area contributed by atoms with Crippen LogP contribution in [-0.4, -0.2) is 80.6 Å². The van der Waals surface area contributed by atoms with Crippen LogP contribution in [0.2, 0.25) is 0 Å². The number of piperazine rings is 1. The number of imidazole rings is 1. The second kappa shape index (κ2) is 11.3. The standard InChI is InChI=1S/C31H33F3N6O2/c1-20-16-22(6-7-23(20)30(42)39-14-12-38(13-15-39)27(41)18-21-4-2-3-5-21)17-25-29-37-19-26(40(29)11-10-35-25)24-8-9-36-28(24)31(32,33)34/h6-8,10-11,16,19,21H,2-5,9,12-15,17-18H2,1H3. The molecule has 1 aromatic carbocycles. The fourth-order valence-electron chi connectivity index (χ4n) is 6.36. The number of hydrogen-bond donors (Lipinski definition) is 0. The first kappa shape index (κ1) is 28.1. The van der Waals surface area contributed by atoms with E-state index >= 15 is 0 Å². The smallest absolute Gasteiger partial charge is 0.339 e. The van der Waals surface area contributed by atoms with Crippen LogP contribution < -0.4 is 0 Å². The Morgan fingerprint density at radius 2 is 1.76 bits per heavy atom.